The standard InChI is InChI=1S/C16H22ClNO4S/c1-21-15-3-2-12-22-16(15)8-10-18(11-9-16)23(19,20)14-6-4-13(17)5-7-14/h4-7,15H,2-3,8-12H2,1H3/t15-/m1/s1. The molecule has 1 spiro atoms. The van der Waals surface area contributed by atoms with Crippen LogP contribution in [0.25, 0.3) is 0 Å². The molecule has 2 aliphatic rings. The molecule has 5 nitrogen and oxygen atoms in total. The summed E-state index contributed by atoms with van der Waals surface area (Å²) in [6, 6.07) is 6.31. The van der Waals surface area contributed by atoms with Gasteiger partial charge in [0.1, 0.15) is 0 Å². The third-order valence-corrected chi connectivity index (χ3v) is 7.06. The number of ether oxygens (including phenoxy) is 2. The molecule has 7 heteroatoms. The van der Waals surface area contributed by atoms with Crippen LogP contribution in [-0.4, -0.2) is 51.2 Å². The average Bonchev–Trinajstić information content (AvgIpc) is 2.56. The first-order chi connectivity index (χ1) is 11.0. The van der Waals surface area contributed by atoms with E-state index in [0.29, 0.717) is 31.0 Å². The summed E-state index contributed by atoms with van der Waals surface area (Å²) < 4.78 is 38.6. The fraction of sp³-hybridized carbons (Fsp3) is 0.625. The van der Waals surface area contributed by atoms with E-state index in [0.717, 1.165) is 19.4 Å². The van der Waals surface area contributed by atoms with Crippen LogP contribution in [0.2, 0.25) is 5.02 Å². The first kappa shape index (κ1) is 17.2. The van der Waals surface area contributed by atoms with Crippen molar-refractivity contribution in [3.05, 3.63) is 29.3 Å². The van der Waals surface area contributed by atoms with Gasteiger partial charge in [-0.2, -0.15) is 4.31 Å². The Hall–Kier alpha value is -0.660. The quantitative estimate of drug-likeness (QED) is 0.832. The molecule has 1 aromatic carbocycles. The number of sulfonamides is 1. The van der Waals surface area contributed by atoms with Crippen molar-refractivity contribution in [2.75, 3.05) is 26.8 Å². The van der Waals surface area contributed by atoms with E-state index < -0.39 is 10.0 Å². The van der Waals surface area contributed by atoms with Crippen LogP contribution >= 0.6 is 11.6 Å². The summed E-state index contributed by atoms with van der Waals surface area (Å²) in [5.41, 5.74) is -0.334. The van der Waals surface area contributed by atoms with E-state index in [1.165, 1.54) is 4.31 Å². The molecule has 0 aliphatic carbocycles. The molecule has 0 N–H and O–H groups in total. The van der Waals surface area contributed by atoms with Gasteiger partial charge in [-0.05, 0) is 49.9 Å². The molecule has 2 saturated heterocycles. The normalized spacial score (nSPS) is 25.6. The lowest BCUT2D eigenvalue weighted by molar-refractivity contribution is -0.182. The number of halogens is 1. The fourth-order valence-corrected chi connectivity index (χ4v) is 5.13. The maximum absolute atomic E-state index is 12.7. The van der Waals surface area contributed by atoms with Crippen LogP contribution in [0.15, 0.2) is 29.2 Å². The van der Waals surface area contributed by atoms with Crippen LogP contribution < -0.4 is 0 Å². The van der Waals surface area contributed by atoms with E-state index in [2.05, 4.69) is 0 Å². The minimum absolute atomic E-state index is 0.0524. The summed E-state index contributed by atoms with van der Waals surface area (Å²) in [7, 11) is -1.77. The van der Waals surface area contributed by atoms with Gasteiger partial charge < -0.3 is 9.47 Å². The highest BCUT2D eigenvalue weighted by molar-refractivity contribution is 7.89. The number of benzene rings is 1. The maximum Gasteiger partial charge on any atom is 0.243 e. The van der Waals surface area contributed by atoms with E-state index in [-0.39, 0.29) is 16.6 Å². The minimum atomic E-state index is -3.48. The zero-order chi connectivity index (χ0) is 16.5. The Labute approximate surface area is 142 Å². The van der Waals surface area contributed by atoms with Gasteiger partial charge >= 0.3 is 0 Å². The number of hydrogen-bond donors (Lipinski definition) is 0. The second-order valence-electron chi connectivity index (χ2n) is 6.14. The van der Waals surface area contributed by atoms with Crippen LogP contribution in [0.3, 0.4) is 0 Å². The number of hydrogen-bond acceptors (Lipinski definition) is 4. The Kier molecular flexibility index (Phi) is 4.99. The topological polar surface area (TPSA) is 55.8 Å². The highest BCUT2D eigenvalue weighted by atomic mass is 35.5. The minimum Gasteiger partial charge on any atom is -0.378 e. The van der Waals surface area contributed by atoms with Gasteiger partial charge in [-0.1, -0.05) is 11.6 Å². The SMILES string of the molecule is CO[C@@H]1CCCOC12CCN(S(=O)(=O)c1ccc(Cl)cc1)CC2. The van der Waals surface area contributed by atoms with E-state index in [1.54, 1.807) is 31.4 Å². The zero-order valence-corrected chi connectivity index (χ0v) is 14.8. The van der Waals surface area contributed by atoms with Crippen molar-refractivity contribution in [3.8, 4) is 0 Å². The molecule has 1 atom stereocenters. The van der Waals surface area contributed by atoms with Gasteiger partial charge in [0.25, 0.3) is 0 Å². The Morgan fingerprint density at radius 3 is 2.52 bits per heavy atom. The predicted molar refractivity (Wildman–Crippen MR) is 88.2 cm³/mol. The summed E-state index contributed by atoms with van der Waals surface area (Å²) in [6.45, 7) is 1.62. The van der Waals surface area contributed by atoms with Crippen LogP contribution in [0, 0.1) is 0 Å². The summed E-state index contributed by atoms with van der Waals surface area (Å²) >= 11 is 5.84. The number of piperidine rings is 1. The first-order valence-corrected chi connectivity index (χ1v) is 9.72. The van der Waals surface area contributed by atoms with Crippen molar-refractivity contribution in [1.82, 2.24) is 4.31 Å². The molecule has 0 radical (unpaired) electrons. The second-order valence-corrected chi connectivity index (χ2v) is 8.51. The van der Waals surface area contributed by atoms with Gasteiger partial charge in [0.15, 0.2) is 0 Å². The van der Waals surface area contributed by atoms with Crippen molar-refractivity contribution in [3.63, 3.8) is 0 Å². The molecule has 0 bridgehead atoms. The van der Waals surface area contributed by atoms with Crippen molar-refractivity contribution < 1.29 is 17.9 Å². The molecular weight excluding hydrogens is 338 g/mol. The van der Waals surface area contributed by atoms with Gasteiger partial charge in [-0.25, -0.2) is 8.42 Å². The molecule has 2 fully saturated rings. The Morgan fingerprint density at radius 1 is 1.26 bits per heavy atom. The highest BCUT2D eigenvalue weighted by Crippen LogP contribution is 2.38. The molecule has 128 valence electrons. The van der Waals surface area contributed by atoms with Crippen molar-refractivity contribution in [2.24, 2.45) is 0 Å². The molecule has 0 unspecified atom stereocenters. The number of methoxy groups -OCH3 is 1. The number of rotatable bonds is 3. The molecule has 3 rings (SSSR count). The van der Waals surface area contributed by atoms with E-state index in [4.69, 9.17) is 21.1 Å². The smallest absolute Gasteiger partial charge is 0.243 e. The van der Waals surface area contributed by atoms with Crippen molar-refractivity contribution in [1.29, 1.82) is 0 Å². The lowest BCUT2D eigenvalue weighted by Gasteiger charge is -2.47. The van der Waals surface area contributed by atoms with E-state index >= 15 is 0 Å². The van der Waals surface area contributed by atoms with Crippen LogP contribution in [0.5, 0.6) is 0 Å². The van der Waals surface area contributed by atoms with E-state index in [1.807, 2.05) is 0 Å². The average molecular weight is 360 g/mol. The third-order valence-electron chi connectivity index (χ3n) is 4.89. The highest BCUT2D eigenvalue weighted by Gasteiger charge is 2.46. The van der Waals surface area contributed by atoms with Gasteiger partial charge in [0, 0.05) is 31.8 Å². The largest absolute Gasteiger partial charge is 0.378 e. The fourth-order valence-electron chi connectivity index (χ4n) is 3.56. The molecule has 0 amide bonds. The van der Waals surface area contributed by atoms with Gasteiger partial charge in [-0.3, -0.25) is 0 Å². The second kappa shape index (κ2) is 6.69. The predicted octanol–water partition coefficient (Wildman–Crippen LogP) is 2.69. The van der Waals surface area contributed by atoms with Crippen LogP contribution in [0.1, 0.15) is 25.7 Å². The molecular formula is C16H22ClNO4S. The summed E-state index contributed by atoms with van der Waals surface area (Å²) in [6.07, 6.45) is 3.35. The van der Waals surface area contributed by atoms with Gasteiger partial charge in [0.2, 0.25) is 10.0 Å². The lowest BCUT2D eigenvalue weighted by atomic mass is 9.82. The first-order valence-electron chi connectivity index (χ1n) is 7.90. The third kappa shape index (κ3) is 3.28. The summed E-state index contributed by atoms with van der Waals surface area (Å²) in [5, 5.41) is 0.528. The Bertz CT molecular complexity index is 639. The van der Waals surface area contributed by atoms with Crippen molar-refractivity contribution >= 4 is 21.6 Å². The zero-order valence-electron chi connectivity index (χ0n) is 13.2. The van der Waals surface area contributed by atoms with E-state index in [9.17, 15) is 8.42 Å². The lowest BCUT2D eigenvalue weighted by Crippen LogP contribution is -2.56. The number of nitrogens with zero attached hydrogens (tertiary/aromatic N) is 1. The van der Waals surface area contributed by atoms with Gasteiger partial charge in [0.05, 0.1) is 16.6 Å². The Balaban J connectivity index is 1.74. The molecule has 23 heavy (non-hydrogen) atoms. The molecule has 0 saturated carbocycles. The Morgan fingerprint density at radius 2 is 1.91 bits per heavy atom. The van der Waals surface area contributed by atoms with Crippen molar-refractivity contribution in [2.45, 2.75) is 42.3 Å². The monoisotopic (exact) mass is 359 g/mol. The van der Waals surface area contributed by atoms with Crippen LogP contribution in [-0.2, 0) is 19.5 Å². The van der Waals surface area contributed by atoms with Crippen LogP contribution in [0.4, 0.5) is 0 Å². The summed E-state index contributed by atoms with van der Waals surface area (Å²) in [5.74, 6) is 0. The molecule has 1 aromatic rings. The molecule has 2 heterocycles. The molecule has 2 aliphatic heterocycles. The molecule has 0 aromatic heterocycles. The van der Waals surface area contributed by atoms with Gasteiger partial charge in [-0.15, -0.1) is 0 Å². The maximum atomic E-state index is 12.7. The summed E-state index contributed by atoms with van der Waals surface area (Å²) in [4.78, 5) is 0.283.